The molecule has 0 fully saturated rings. The lowest BCUT2D eigenvalue weighted by atomic mass is 10.2. The Morgan fingerprint density at radius 1 is 1.29 bits per heavy atom. The molecule has 1 aromatic carbocycles. The maximum atomic E-state index is 12.7. The zero-order valence-electron chi connectivity index (χ0n) is 15.4. The number of benzene rings is 1. The van der Waals surface area contributed by atoms with E-state index < -0.39 is 17.0 Å². The molecule has 0 amide bonds. The van der Waals surface area contributed by atoms with Gasteiger partial charge in [-0.15, -0.1) is 5.10 Å². The number of carbonyl (C=O) groups is 1. The normalized spacial score (nSPS) is 10.9. The Hall–Kier alpha value is -3.21. The molecule has 11 heteroatoms. The molecule has 0 bridgehead atoms. The number of ketones is 1. The number of rotatable bonds is 7. The van der Waals surface area contributed by atoms with E-state index in [0.29, 0.717) is 18.1 Å². The van der Waals surface area contributed by atoms with Gasteiger partial charge in [0.15, 0.2) is 5.78 Å². The number of Topliss-reactive ketones (excluding diaryl/α,β-unsaturated/α-hetero) is 1. The van der Waals surface area contributed by atoms with Crippen LogP contribution in [-0.2, 0) is 6.54 Å². The van der Waals surface area contributed by atoms with Crippen LogP contribution >= 0.6 is 11.8 Å². The number of tetrazole rings is 1. The molecule has 2 aromatic heterocycles. The Morgan fingerprint density at radius 3 is 2.75 bits per heavy atom. The summed E-state index contributed by atoms with van der Waals surface area (Å²) in [5.41, 5.74) is 6.04. The Labute approximate surface area is 163 Å². The summed E-state index contributed by atoms with van der Waals surface area (Å²) >= 11 is 1.08. The van der Waals surface area contributed by atoms with Gasteiger partial charge in [0.2, 0.25) is 5.16 Å². The number of carbonyl (C=O) groups excluding carboxylic acids is 1. The van der Waals surface area contributed by atoms with Crippen molar-refractivity contribution in [3.63, 3.8) is 0 Å². The van der Waals surface area contributed by atoms with Gasteiger partial charge in [0, 0.05) is 6.54 Å². The van der Waals surface area contributed by atoms with Gasteiger partial charge in [0.1, 0.15) is 11.4 Å². The van der Waals surface area contributed by atoms with E-state index in [-0.39, 0.29) is 17.1 Å². The number of aromatic amines is 1. The molecule has 28 heavy (non-hydrogen) atoms. The third-order valence-electron chi connectivity index (χ3n) is 4.08. The Bertz CT molecular complexity index is 1130. The van der Waals surface area contributed by atoms with Crippen molar-refractivity contribution in [1.29, 1.82) is 0 Å². The van der Waals surface area contributed by atoms with Crippen molar-refractivity contribution in [1.82, 2.24) is 29.8 Å². The molecule has 0 saturated heterocycles. The summed E-state index contributed by atoms with van der Waals surface area (Å²) in [5.74, 6) is -0.739. The number of H-pyrrole nitrogens is 1. The fourth-order valence-corrected chi connectivity index (χ4v) is 3.48. The van der Waals surface area contributed by atoms with Crippen molar-refractivity contribution in [2.45, 2.75) is 32.0 Å². The van der Waals surface area contributed by atoms with E-state index in [1.165, 1.54) is 9.25 Å². The molecule has 0 spiro atoms. The van der Waals surface area contributed by atoms with Crippen molar-refractivity contribution >= 4 is 23.4 Å². The highest BCUT2D eigenvalue weighted by molar-refractivity contribution is 7.99. The van der Waals surface area contributed by atoms with Crippen molar-refractivity contribution in [2.75, 3.05) is 11.5 Å². The maximum absolute atomic E-state index is 12.7. The van der Waals surface area contributed by atoms with Crippen LogP contribution in [0.5, 0.6) is 0 Å². The first-order valence-electron chi connectivity index (χ1n) is 8.57. The van der Waals surface area contributed by atoms with E-state index in [1.807, 2.05) is 38.1 Å². The van der Waals surface area contributed by atoms with Crippen LogP contribution in [0.2, 0.25) is 0 Å². The molecule has 0 unspecified atom stereocenters. The lowest BCUT2D eigenvalue weighted by molar-refractivity contribution is 0.102. The standard InChI is InChI=1S/C17H19N7O3S/c1-3-8-23-14(18)13(15(26)19-16(23)27)12(25)9-28-17-20-21-22-24(17)11-7-5-4-6-10(11)2/h4-7H,3,8-9,18H2,1-2H3,(H,19,26,27). The largest absolute Gasteiger partial charge is 0.384 e. The summed E-state index contributed by atoms with van der Waals surface area (Å²) in [7, 11) is 0. The molecule has 0 saturated carbocycles. The number of hydrogen-bond acceptors (Lipinski definition) is 8. The van der Waals surface area contributed by atoms with Crippen LogP contribution in [0.1, 0.15) is 29.3 Å². The summed E-state index contributed by atoms with van der Waals surface area (Å²) in [5, 5.41) is 12.0. The van der Waals surface area contributed by atoms with Crippen LogP contribution < -0.4 is 17.0 Å². The van der Waals surface area contributed by atoms with Crippen LogP contribution in [0.3, 0.4) is 0 Å². The summed E-state index contributed by atoms with van der Waals surface area (Å²) in [6.07, 6.45) is 0.629. The second-order valence-electron chi connectivity index (χ2n) is 6.04. The van der Waals surface area contributed by atoms with Gasteiger partial charge in [-0.2, -0.15) is 4.68 Å². The highest BCUT2D eigenvalue weighted by Gasteiger charge is 2.21. The van der Waals surface area contributed by atoms with Crippen molar-refractivity contribution in [3.8, 4) is 5.69 Å². The minimum absolute atomic E-state index is 0.107. The van der Waals surface area contributed by atoms with E-state index >= 15 is 0 Å². The Balaban J connectivity index is 1.86. The van der Waals surface area contributed by atoms with Crippen LogP contribution in [0, 0.1) is 6.92 Å². The van der Waals surface area contributed by atoms with Gasteiger partial charge in [-0.25, -0.2) is 4.79 Å². The van der Waals surface area contributed by atoms with Crippen molar-refractivity contribution < 1.29 is 4.79 Å². The third-order valence-corrected chi connectivity index (χ3v) is 5.00. The lowest BCUT2D eigenvalue weighted by Crippen LogP contribution is -2.36. The van der Waals surface area contributed by atoms with E-state index in [0.717, 1.165) is 23.0 Å². The molecule has 0 aliphatic rings. The molecule has 0 aliphatic carbocycles. The summed E-state index contributed by atoms with van der Waals surface area (Å²) < 4.78 is 2.72. The average molecular weight is 401 g/mol. The molecule has 3 aromatic rings. The number of nitrogens with zero attached hydrogens (tertiary/aromatic N) is 5. The van der Waals surface area contributed by atoms with Gasteiger partial charge in [0.05, 0.1) is 11.4 Å². The van der Waals surface area contributed by atoms with E-state index in [1.54, 1.807) is 0 Å². The van der Waals surface area contributed by atoms with Crippen LogP contribution in [0.15, 0.2) is 39.0 Å². The number of nitrogens with one attached hydrogen (secondary N) is 1. The molecule has 146 valence electrons. The molecule has 3 rings (SSSR count). The van der Waals surface area contributed by atoms with Gasteiger partial charge in [0.25, 0.3) is 5.56 Å². The molecular weight excluding hydrogens is 382 g/mol. The predicted molar refractivity (Wildman–Crippen MR) is 105 cm³/mol. The molecule has 0 atom stereocenters. The average Bonchev–Trinajstić information content (AvgIpc) is 3.12. The quantitative estimate of drug-likeness (QED) is 0.437. The maximum Gasteiger partial charge on any atom is 0.329 e. The second-order valence-corrected chi connectivity index (χ2v) is 6.99. The highest BCUT2D eigenvalue weighted by atomic mass is 32.2. The van der Waals surface area contributed by atoms with Crippen LogP contribution in [0.25, 0.3) is 5.69 Å². The smallest absolute Gasteiger partial charge is 0.329 e. The first-order chi connectivity index (χ1) is 13.4. The Morgan fingerprint density at radius 2 is 2.04 bits per heavy atom. The number of hydrogen-bond donors (Lipinski definition) is 2. The molecular formula is C17H19N7O3S. The molecule has 3 N–H and O–H groups in total. The second kappa shape index (κ2) is 8.21. The SMILES string of the molecule is CCCn1c(N)c(C(=O)CSc2nnnn2-c2ccccc2C)c(=O)[nH]c1=O. The van der Waals surface area contributed by atoms with Crippen LogP contribution in [-0.4, -0.2) is 41.3 Å². The first-order valence-corrected chi connectivity index (χ1v) is 9.55. The molecule has 0 radical (unpaired) electrons. The van der Waals surface area contributed by atoms with E-state index in [9.17, 15) is 14.4 Å². The fraction of sp³-hybridized carbons (Fsp3) is 0.294. The van der Waals surface area contributed by atoms with Gasteiger partial charge >= 0.3 is 5.69 Å². The zero-order chi connectivity index (χ0) is 20.3. The molecule has 2 heterocycles. The van der Waals surface area contributed by atoms with Crippen LogP contribution in [0.4, 0.5) is 5.82 Å². The molecule has 0 aliphatic heterocycles. The number of thioether (sulfide) groups is 1. The van der Waals surface area contributed by atoms with E-state index in [4.69, 9.17) is 5.73 Å². The summed E-state index contributed by atoms with van der Waals surface area (Å²) in [6.45, 7) is 4.09. The number of aryl methyl sites for hydroxylation is 1. The van der Waals surface area contributed by atoms with Crippen molar-refractivity contribution in [3.05, 3.63) is 56.2 Å². The Kier molecular flexibility index (Phi) is 5.73. The fourth-order valence-electron chi connectivity index (χ4n) is 2.73. The number of nitrogen functional groups attached to an aromatic ring is 1. The van der Waals surface area contributed by atoms with Gasteiger partial charge in [-0.1, -0.05) is 36.9 Å². The summed E-state index contributed by atoms with van der Waals surface area (Å²) in [6, 6.07) is 7.55. The predicted octanol–water partition coefficient (Wildman–Crippen LogP) is 0.788. The topological polar surface area (TPSA) is 142 Å². The minimum Gasteiger partial charge on any atom is -0.384 e. The third kappa shape index (κ3) is 3.74. The minimum atomic E-state index is -0.793. The van der Waals surface area contributed by atoms with Gasteiger partial charge in [-0.05, 0) is 35.4 Å². The number of nitrogens with two attached hydrogens (primary N) is 1. The van der Waals surface area contributed by atoms with Crippen molar-refractivity contribution in [2.24, 2.45) is 0 Å². The van der Waals surface area contributed by atoms with Gasteiger partial charge < -0.3 is 5.73 Å². The summed E-state index contributed by atoms with van der Waals surface area (Å²) in [4.78, 5) is 38.8. The first kappa shape index (κ1) is 19.5. The van der Waals surface area contributed by atoms with Gasteiger partial charge in [-0.3, -0.25) is 19.1 Å². The van der Waals surface area contributed by atoms with E-state index in [2.05, 4.69) is 20.5 Å². The number of anilines is 1. The number of para-hydroxylation sites is 1. The highest BCUT2D eigenvalue weighted by Crippen LogP contribution is 2.21. The lowest BCUT2D eigenvalue weighted by Gasteiger charge is -2.11. The molecule has 10 nitrogen and oxygen atoms in total. The zero-order valence-corrected chi connectivity index (χ0v) is 16.2. The monoisotopic (exact) mass is 401 g/mol. The number of aromatic nitrogens is 6.